The molecule has 0 aliphatic rings. The molecule has 0 aliphatic carbocycles. The molecule has 0 amide bonds. The normalized spacial score (nSPS) is 12.9. The van der Waals surface area contributed by atoms with E-state index in [-0.39, 0.29) is 11.6 Å². The molecule has 0 aromatic carbocycles. The van der Waals surface area contributed by atoms with Gasteiger partial charge in [0.05, 0.1) is 12.2 Å². The van der Waals surface area contributed by atoms with Crippen molar-refractivity contribution in [1.82, 2.24) is 4.98 Å². The Morgan fingerprint density at radius 2 is 1.62 bits per heavy atom. The van der Waals surface area contributed by atoms with Gasteiger partial charge in [0.1, 0.15) is 0 Å². The van der Waals surface area contributed by atoms with Crippen LogP contribution in [0.2, 0.25) is 0 Å². The maximum absolute atomic E-state index is 12.3. The molecule has 0 atom stereocenters. The Kier molecular flexibility index (Phi) is 3.13. The minimum Gasteiger partial charge on any atom is -0.392 e. The Morgan fingerprint density at radius 1 is 1.06 bits per heavy atom. The van der Waals surface area contributed by atoms with Crippen LogP contribution in [0.3, 0.4) is 0 Å². The van der Waals surface area contributed by atoms with Gasteiger partial charge in [-0.2, -0.15) is 26.3 Å². The minimum atomic E-state index is -5.18. The van der Waals surface area contributed by atoms with Crippen molar-refractivity contribution in [2.45, 2.75) is 19.0 Å². The van der Waals surface area contributed by atoms with Gasteiger partial charge >= 0.3 is 12.4 Å². The van der Waals surface area contributed by atoms with Crippen LogP contribution in [0.25, 0.3) is 0 Å². The van der Waals surface area contributed by atoms with Gasteiger partial charge in [0.25, 0.3) is 0 Å². The third kappa shape index (κ3) is 2.63. The molecule has 1 rings (SSSR count). The van der Waals surface area contributed by atoms with Crippen LogP contribution in [0.5, 0.6) is 0 Å². The van der Waals surface area contributed by atoms with E-state index < -0.39 is 30.2 Å². The molecule has 0 saturated carbocycles. The molecule has 16 heavy (non-hydrogen) atoms. The Morgan fingerprint density at radius 3 is 2.00 bits per heavy atom. The lowest BCUT2D eigenvalue weighted by atomic mass is 10.1. The fourth-order valence-corrected chi connectivity index (χ4v) is 1.04. The predicted octanol–water partition coefficient (Wildman–Crippen LogP) is 2.61. The fourth-order valence-electron chi connectivity index (χ4n) is 1.04. The van der Waals surface area contributed by atoms with E-state index in [9.17, 15) is 26.3 Å². The summed E-state index contributed by atoms with van der Waals surface area (Å²) in [6.45, 7) is -0.811. The summed E-state index contributed by atoms with van der Waals surface area (Å²) in [5.74, 6) is 0. The number of aromatic nitrogens is 1. The summed E-state index contributed by atoms with van der Waals surface area (Å²) in [6.07, 6.45) is -9.79. The van der Waals surface area contributed by atoms with Gasteiger partial charge in [0.2, 0.25) is 0 Å². The molecule has 1 N–H and O–H groups in total. The average molecular weight is 245 g/mol. The second-order valence-corrected chi connectivity index (χ2v) is 2.89. The van der Waals surface area contributed by atoms with Crippen molar-refractivity contribution in [2.24, 2.45) is 0 Å². The van der Waals surface area contributed by atoms with Crippen molar-refractivity contribution in [3.8, 4) is 0 Å². The molecule has 1 aromatic heterocycles. The highest BCUT2D eigenvalue weighted by Crippen LogP contribution is 2.39. The van der Waals surface area contributed by atoms with Gasteiger partial charge in [-0.3, -0.25) is 4.98 Å². The van der Waals surface area contributed by atoms with Crippen LogP contribution in [-0.4, -0.2) is 10.1 Å². The fraction of sp³-hybridized carbons (Fsp3) is 0.375. The van der Waals surface area contributed by atoms with E-state index in [1.807, 2.05) is 0 Å². The van der Waals surface area contributed by atoms with Crippen molar-refractivity contribution in [2.75, 3.05) is 0 Å². The largest absolute Gasteiger partial charge is 0.433 e. The molecular weight excluding hydrogens is 240 g/mol. The second kappa shape index (κ2) is 3.93. The van der Waals surface area contributed by atoms with E-state index in [0.717, 1.165) is 0 Å². The molecular formula is C8H5F6NO. The number of hydrogen-bond donors (Lipinski definition) is 1. The van der Waals surface area contributed by atoms with Gasteiger partial charge < -0.3 is 5.11 Å². The molecule has 1 heterocycles. The summed E-state index contributed by atoms with van der Waals surface area (Å²) in [4.78, 5) is 2.68. The van der Waals surface area contributed by atoms with Gasteiger partial charge in [-0.15, -0.1) is 0 Å². The van der Waals surface area contributed by atoms with Crippen LogP contribution in [0, 0.1) is 0 Å². The van der Waals surface area contributed by atoms with E-state index >= 15 is 0 Å². The first-order valence-corrected chi connectivity index (χ1v) is 3.90. The maximum atomic E-state index is 12.3. The summed E-state index contributed by atoms with van der Waals surface area (Å²) in [5.41, 5.74) is -4.23. The zero-order valence-electron chi connectivity index (χ0n) is 7.52. The van der Waals surface area contributed by atoms with Crippen molar-refractivity contribution in [3.05, 3.63) is 29.1 Å². The van der Waals surface area contributed by atoms with Crippen LogP contribution >= 0.6 is 0 Å². The lowest BCUT2D eigenvalue weighted by Crippen LogP contribution is -2.18. The molecule has 0 saturated heterocycles. The molecule has 90 valence electrons. The Labute approximate surface area is 85.5 Å². The highest BCUT2D eigenvalue weighted by Gasteiger charge is 2.44. The number of aliphatic hydroxyl groups excluding tert-OH is 1. The first-order chi connectivity index (χ1) is 7.16. The number of alkyl halides is 6. The minimum absolute atomic E-state index is 0.232. The standard InChI is InChI=1S/C8H5F6NO/c9-7(10,11)5-1-4(3-16)2-15-6(5)8(12,13)14/h1-2,16H,3H2. The van der Waals surface area contributed by atoms with E-state index in [2.05, 4.69) is 4.98 Å². The molecule has 0 fully saturated rings. The number of rotatable bonds is 1. The summed E-state index contributed by atoms with van der Waals surface area (Å²) < 4.78 is 73.4. The zero-order chi connectivity index (χ0) is 12.6. The molecule has 8 heteroatoms. The van der Waals surface area contributed by atoms with Crippen molar-refractivity contribution < 1.29 is 31.4 Å². The van der Waals surface area contributed by atoms with E-state index in [4.69, 9.17) is 5.11 Å². The molecule has 0 spiro atoms. The SMILES string of the molecule is OCc1cnc(C(F)(F)F)c(C(F)(F)F)c1. The summed E-state index contributed by atoms with van der Waals surface area (Å²) in [6, 6.07) is 0.232. The predicted molar refractivity (Wildman–Crippen MR) is 40.2 cm³/mol. The second-order valence-electron chi connectivity index (χ2n) is 2.89. The molecule has 0 radical (unpaired) electrons. The zero-order valence-corrected chi connectivity index (χ0v) is 7.52. The Bertz CT molecular complexity index is 383. The smallest absolute Gasteiger partial charge is 0.392 e. The van der Waals surface area contributed by atoms with Gasteiger partial charge in [0.15, 0.2) is 5.69 Å². The van der Waals surface area contributed by atoms with Crippen molar-refractivity contribution >= 4 is 0 Å². The number of aliphatic hydroxyl groups is 1. The maximum Gasteiger partial charge on any atom is 0.433 e. The Balaban J connectivity index is 3.40. The van der Waals surface area contributed by atoms with Gasteiger partial charge in [-0.05, 0) is 11.6 Å². The summed E-state index contributed by atoms with van der Waals surface area (Å²) >= 11 is 0. The molecule has 0 unspecified atom stereocenters. The molecule has 2 nitrogen and oxygen atoms in total. The summed E-state index contributed by atoms with van der Waals surface area (Å²) in [5, 5.41) is 8.53. The number of nitrogens with zero attached hydrogens (tertiary/aromatic N) is 1. The van der Waals surface area contributed by atoms with Crippen LogP contribution in [-0.2, 0) is 19.0 Å². The first-order valence-electron chi connectivity index (χ1n) is 3.90. The van der Waals surface area contributed by atoms with Crippen molar-refractivity contribution in [1.29, 1.82) is 0 Å². The van der Waals surface area contributed by atoms with E-state index in [1.54, 1.807) is 0 Å². The Hall–Kier alpha value is -1.31. The van der Waals surface area contributed by atoms with Crippen LogP contribution < -0.4 is 0 Å². The molecule has 1 aromatic rings. The van der Waals surface area contributed by atoms with Gasteiger partial charge in [0, 0.05) is 6.20 Å². The third-order valence-electron chi connectivity index (χ3n) is 1.70. The quantitative estimate of drug-likeness (QED) is 0.771. The van der Waals surface area contributed by atoms with E-state index in [0.29, 0.717) is 6.20 Å². The monoisotopic (exact) mass is 245 g/mol. The lowest BCUT2D eigenvalue weighted by molar-refractivity contribution is -0.164. The third-order valence-corrected chi connectivity index (χ3v) is 1.70. The van der Waals surface area contributed by atoms with Gasteiger partial charge in [-0.1, -0.05) is 0 Å². The summed E-state index contributed by atoms with van der Waals surface area (Å²) in [7, 11) is 0. The van der Waals surface area contributed by atoms with Gasteiger partial charge in [-0.25, -0.2) is 0 Å². The lowest BCUT2D eigenvalue weighted by Gasteiger charge is -2.14. The van der Waals surface area contributed by atoms with Crippen LogP contribution in [0.15, 0.2) is 12.3 Å². The topological polar surface area (TPSA) is 33.1 Å². The highest BCUT2D eigenvalue weighted by molar-refractivity contribution is 5.29. The van der Waals surface area contributed by atoms with Crippen LogP contribution in [0.1, 0.15) is 16.8 Å². The molecule has 0 bridgehead atoms. The number of hydrogen-bond acceptors (Lipinski definition) is 2. The highest BCUT2D eigenvalue weighted by atomic mass is 19.4. The van der Waals surface area contributed by atoms with E-state index in [1.165, 1.54) is 0 Å². The average Bonchev–Trinajstić information content (AvgIpc) is 2.14. The number of halogens is 6. The van der Waals surface area contributed by atoms with Crippen molar-refractivity contribution in [3.63, 3.8) is 0 Å². The number of pyridine rings is 1. The molecule has 0 aliphatic heterocycles. The first kappa shape index (κ1) is 12.8. The van der Waals surface area contributed by atoms with Crippen LogP contribution in [0.4, 0.5) is 26.3 Å².